The zero-order valence-electron chi connectivity index (χ0n) is 12.0. The van der Waals surface area contributed by atoms with Crippen LogP contribution >= 0.6 is 0 Å². The van der Waals surface area contributed by atoms with E-state index in [2.05, 4.69) is 15.0 Å². The topological polar surface area (TPSA) is 77.2 Å². The van der Waals surface area contributed by atoms with Crippen LogP contribution in [0.1, 0.15) is 17.5 Å². The summed E-state index contributed by atoms with van der Waals surface area (Å²) in [5, 5.41) is 0. The smallest absolute Gasteiger partial charge is 0.370 e. The van der Waals surface area contributed by atoms with Gasteiger partial charge in [0.15, 0.2) is 0 Å². The fourth-order valence-electron chi connectivity index (χ4n) is 2.35. The Kier molecular flexibility index (Phi) is 4.03. The van der Waals surface area contributed by atoms with E-state index in [4.69, 9.17) is 10.5 Å². The van der Waals surface area contributed by atoms with Crippen molar-refractivity contribution in [3.8, 4) is 0 Å². The van der Waals surface area contributed by atoms with Gasteiger partial charge < -0.3 is 15.4 Å². The van der Waals surface area contributed by atoms with Crippen LogP contribution in [0.5, 0.6) is 0 Å². The Bertz CT molecular complexity index is 680. The minimum atomic E-state index is -4.67. The number of halogens is 3. The van der Waals surface area contributed by atoms with E-state index in [1.54, 1.807) is 4.90 Å². The Morgan fingerprint density at radius 1 is 1.13 bits per heavy atom. The highest BCUT2D eigenvalue weighted by Crippen LogP contribution is 2.29. The first-order chi connectivity index (χ1) is 10.9. The summed E-state index contributed by atoms with van der Waals surface area (Å²) in [5.74, 6) is -1.83. The average molecular weight is 325 g/mol. The summed E-state index contributed by atoms with van der Waals surface area (Å²) in [4.78, 5) is 12.1. The van der Waals surface area contributed by atoms with Crippen LogP contribution in [0.2, 0.25) is 0 Å². The third-order valence-electron chi connectivity index (χ3n) is 3.42. The Balaban J connectivity index is 1.85. The van der Waals surface area contributed by atoms with Crippen molar-refractivity contribution in [1.29, 1.82) is 0 Å². The van der Waals surface area contributed by atoms with E-state index in [9.17, 15) is 13.2 Å². The highest BCUT2D eigenvalue weighted by Gasteiger charge is 2.36. The highest BCUT2D eigenvalue weighted by molar-refractivity contribution is 5.36. The Morgan fingerprint density at radius 3 is 2.57 bits per heavy atom. The lowest BCUT2D eigenvalue weighted by atomic mass is 10.1. The number of nitrogen functional groups attached to an aromatic ring is 1. The van der Waals surface area contributed by atoms with Crippen LogP contribution in [0.4, 0.5) is 25.1 Å². The third kappa shape index (κ3) is 3.50. The number of rotatable bonds is 2. The van der Waals surface area contributed by atoms with Crippen LogP contribution in [0, 0.1) is 0 Å². The van der Waals surface area contributed by atoms with Gasteiger partial charge in [-0.15, -0.1) is 0 Å². The normalized spacial score (nSPS) is 18.9. The average Bonchev–Trinajstić information content (AvgIpc) is 2.54. The van der Waals surface area contributed by atoms with E-state index in [-0.39, 0.29) is 12.1 Å². The van der Waals surface area contributed by atoms with E-state index in [0.29, 0.717) is 19.7 Å². The molecule has 2 heterocycles. The molecule has 23 heavy (non-hydrogen) atoms. The number of aromatic nitrogens is 3. The zero-order chi connectivity index (χ0) is 16.4. The molecule has 1 atom stereocenters. The second-order valence-corrected chi connectivity index (χ2v) is 5.03. The molecule has 9 heteroatoms. The summed E-state index contributed by atoms with van der Waals surface area (Å²) in [5.41, 5.74) is 6.33. The van der Waals surface area contributed by atoms with Crippen LogP contribution in [-0.4, -0.2) is 34.6 Å². The van der Waals surface area contributed by atoms with Crippen molar-refractivity contribution in [2.75, 3.05) is 30.3 Å². The molecule has 6 nitrogen and oxygen atoms in total. The molecule has 1 saturated heterocycles. The quantitative estimate of drug-likeness (QED) is 0.910. The van der Waals surface area contributed by atoms with Crippen LogP contribution in [-0.2, 0) is 10.9 Å². The molecule has 0 amide bonds. The van der Waals surface area contributed by atoms with Crippen LogP contribution in [0.15, 0.2) is 30.3 Å². The zero-order valence-corrected chi connectivity index (χ0v) is 12.0. The van der Waals surface area contributed by atoms with Crippen molar-refractivity contribution in [2.45, 2.75) is 12.3 Å². The molecule has 1 aromatic heterocycles. The number of hydrogen-bond acceptors (Lipinski definition) is 6. The maximum atomic E-state index is 12.8. The predicted molar refractivity (Wildman–Crippen MR) is 76.6 cm³/mol. The maximum absolute atomic E-state index is 12.8. The maximum Gasteiger partial charge on any atom is 0.451 e. The molecule has 1 aliphatic heterocycles. The van der Waals surface area contributed by atoms with Crippen LogP contribution < -0.4 is 10.6 Å². The van der Waals surface area contributed by atoms with Gasteiger partial charge in [-0.25, -0.2) is 0 Å². The summed E-state index contributed by atoms with van der Waals surface area (Å²) in [7, 11) is 0. The van der Waals surface area contributed by atoms with Gasteiger partial charge >= 0.3 is 6.18 Å². The van der Waals surface area contributed by atoms with Gasteiger partial charge in [-0.2, -0.15) is 28.1 Å². The number of hydrogen-bond donors (Lipinski definition) is 1. The second kappa shape index (κ2) is 5.99. The molecule has 0 aliphatic carbocycles. The van der Waals surface area contributed by atoms with Crippen molar-refractivity contribution < 1.29 is 17.9 Å². The molecule has 1 unspecified atom stereocenters. The number of anilines is 2. The van der Waals surface area contributed by atoms with Gasteiger partial charge in [-0.3, -0.25) is 0 Å². The predicted octanol–water partition coefficient (Wildman–Crippen LogP) is 2.05. The highest BCUT2D eigenvalue weighted by atomic mass is 19.4. The fourth-order valence-corrected chi connectivity index (χ4v) is 2.35. The van der Waals surface area contributed by atoms with Crippen molar-refractivity contribution in [2.24, 2.45) is 0 Å². The largest absolute Gasteiger partial charge is 0.451 e. The molecule has 3 rings (SSSR count). The third-order valence-corrected chi connectivity index (χ3v) is 3.42. The second-order valence-electron chi connectivity index (χ2n) is 5.03. The lowest BCUT2D eigenvalue weighted by molar-refractivity contribution is -0.144. The summed E-state index contributed by atoms with van der Waals surface area (Å²) >= 11 is 0. The van der Waals surface area contributed by atoms with Crippen molar-refractivity contribution in [3.63, 3.8) is 0 Å². The summed E-state index contributed by atoms with van der Waals surface area (Å²) in [6, 6.07) is 9.43. The van der Waals surface area contributed by atoms with Gasteiger partial charge in [0.2, 0.25) is 17.7 Å². The molecular formula is C14H14F3N5O. The number of alkyl halides is 3. The first-order valence-electron chi connectivity index (χ1n) is 6.94. The Hall–Kier alpha value is -2.42. The van der Waals surface area contributed by atoms with E-state index in [0.717, 1.165) is 5.56 Å². The molecule has 2 N–H and O–H groups in total. The number of nitrogens with two attached hydrogens (primary N) is 1. The standard InChI is InChI=1S/C14H14F3N5O/c15-14(16,17)11-19-12(18)21-13(20-11)22-6-7-23-10(8-22)9-4-2-1-3-5-9/h1-5,10H,6-8H2,(H2,18,19,20,21). The van der Waals surface area contributed by atoms with Crippen molar-refractivity contribution in [3.05, 3.63) is 41.7 Å². The van der Waals surface area contributed by atoms with Crippen molar-refractivity contribution >= 4 is 11.9 Å². The van der Waals surface area contributed by atoms with Gasteiger partial charge in [0.25, 0.3) is 0 Å². The van der Waals surface area contributed by atoms with Gasteiger partial charge in [0, 0.05) is 6.54 Å². The monoisotopic (exact) mass is 325 g/mol. The van der Waals surface area contributed by atoms with E-state index < -0.39 is 17.9 Å². The minimum Gasteiger partial charge on any atom is -0.370 e. The molecule has 2 aromatic rings. The van der Waals surface area contributed by atoms with Gasteiger partial charge in [0.05, 0.1) is 13.2 Å². The first kappa shape index (κ1) is 15.5. The summed E-state index contributed by atoms with van der Waals surface area (Å²) in [6.07, 6.45) is -4.94. The molecule has 1 aromatic carbocycles. The molecular weight excluding hydrogens is 311 g/mol. The van der Waals surface area contributed by atoms with Gasteiger partial charge in [0.1, 0.15) is 6.10 Å². The number of benzene rings is 1. The van der Waals surface area contributed by atoms with E-state index in [1.165, 1.54) is 0 Å². The molecule has 0 spiro atoms. The summed E-state index contributed by atoms with van der Waals surface area (Å²) < 4.78 is 44.1. The number of morpholine rings is 1. The first-order valence-corrected chi connectivity index (χ1v) is 6.94. The Labute approximate surface area is 130 Å². The summed E-state index contributed by atoms with van der Waals surface area (Å²) in [6.45, 7) is 1.07. The van der Waals surface area contributed by atoms with Crippen LogP contribution in [0.3, 0.4) is 0 Å². The molecule has 122 valence electrons. The van der Waals surface area contributed by atoms with E-state index in [1.807, 2.05) is 30.3 Å². The van der Waals surface area contributed by atoms with Crippen molar-refractivity contribution in [1.82, 2.24) is 15.0 Å². The molecule has 1 fully saturated rings. The van der Waals surface area contributed by atoms with Crippen LogP contribution in [0.25, 0.3) is 0 Å². The lowest BCUT2D eigenvalue weighted by Gasteiger charge is -2.33. The Morgan fingerprint density at radius 2 is 1.87 bits per heavy atom. The minimum absolute atomic E-state index is 0.0888. The SMILES string of the molecule is Nc1nc(N2CCOC(c3ccccc3)C2)nc(C(F)(F)F)n1. The van der Waals surface area contributed by atoms with Gasteiger partial charge in [-0.05, 0) is 5.56 Å². The van der Waals surface area contributed by atoms with Gasteiger partial charge in [-0.1, -0.05) is 30.3 Å². The number of nitrogens with zero attached hydrogens (tertiary/aromatic N) is 4. The lowest BCUT2D eigenvalue weighted by Crippen LogP contribution is -2.40. The molecule has 0 bridgehead atoms. The fraction of sp³-hybridized carbons (Fsp3) is 0.357. The van der Waals surface area contributed by atoms with E-state index >= 15 is 0 Å². The molecule has 0 radical (unpaired) electrons. The number of ether oxygens (including phenoxy) is 1. The molecule has 0 saturated carbocycles. The molecule has 1 aliphatic rings.